The Balaban J connectivity index is 1.81. The fourth-order valence-corrected chi connectivity index (χ4v) is 2.27. The molecule has 0 unspecified atom stereocenters. The quantitative estimate of drug-likeness (QED) is 0.827. The molecule has 0 atom stereocenters. The molecule has 0 radical (unpaired) electrons. The average Bonchev–Trinajstić information content (AvgIpc) is 2.98. The number of carbonyl (C=O) groups is 2. The van der Waals surface area contributed by atoms with E-state index in [1.807, 2.05) is 17.5 Å². The van der Waals surface area contributed by atoms with Crippen LogP contribution >= 0.6 is 22.7 Å². The second kappa shape index (κ2) is 5.55. The molecule has 0 fully saturated rings. The van der Waals surface area contributed by atoms with Crippen LogP contribution < -0.4 is 10.6 Å². The van der Waals surface area contributed by atoms with Crippen molar-refractivity contribution in [1.82, 2.24) is 10.3 Å². The Morgan fingerprint density at radius 3 is 2.76 bits per heavy atom. The molecule has 2 amide bonds. The lowest BCUT2D eigenvalue weighted by Crippen LogP contribution is -2.34. The minimum Gasteiger partial charge on any atom is -0.343 e. The highest BCUT2D eigenvalue weighted by molar-refractivity contribution is 7.13. The Hall–Kier alpha value is -1.73. The van der Waals surface area contributed by atoms with Gasteiger partial charge in [0.15, 0.2) is 5.13 Å². The lowest BCUT2D eigenvalue weighted by Gasteiger charge is -2.02. The summed E-state index contributed by atoms with van der Waals surface area (Å²) >= 11 is 2.79. The highest BCUT2D eigenvalue weighted by Crippen LogP contribution is 2.10. The van der Waals surface area contributed by atoms with Crippen LogP contribution in [0.2, 0.25) is 0 Å². The topological polar surface area (TPSA) is 71.1 Å². The summed E-state index contributed by atoms with van der Waals surface area (Å²) in [6.07, 6.45) is 1.56. The van der Waals surface area contributed by atoms with Gasteiger partial charge in [0.25, 0.3) is 0 Å². The van der Waals surface area contributed by atoms with Crippen molar-refractivity contribution in [2.45, 2.75) is 6.54 Å². The molecule has 0 aliphatic rings. The molecule has 2 heterocycles. The lowest BCUT2D eigenvalue weighted by molar-refractivity contribution is -0.136. The van der Waals surface area contributed by atoms with Crippen LogP contribution in [0.15, 0.2) is 29.1 Å². The number of hydrogen-bond acceptors (Lipinski definition) is 5. The van der Waals surface area contributed by atoms with Crippen molar-refractivity contribution in [3.05, 3.63) is 34.0 Å². The summed E-state index contributed by atoms with van der Waals surface area (Å²) in [5, 5.41) is 9.00. The van der Waals surface area contributed by atoms with E-state index < -0.39 is 11.8 Å². The molecule has 0 aliphatic carbocycles. The van der Waals surface area contributed by atoms with Crippen LogP contribution in [0.1, 0.15) is 4.88 Å². The zero-order valence-corrected chi connectivity index (χ0v) is 10.3. The Morgan fingerprint density at radius 1 is 1.24 bits per heavy atom. The monoisotopic (exact) mass is 267 g/mol. The van der Waals surface area contributed by atoms with E-state index in [1.54, 1.807) is 11.6 Å². The van der Waals surface area contributed by atoms with Gasteiger partial charge < -0.3 is 5.32 Å². The molecule has 88 valence electrons. The first-order valence-electron chi connectivity index (χ1n) is 4.77. The van der Waals surface area contributed by atoms with Gasteiger partial charge in [-0.25, -0.2) is 4.98 Å². The van der Waals surface area contributed by atoms with E-state index in [2.05, 4.69) is 15.6 Å². The van der Waals surface area contributed by atoms with Crippen molar-refractivity contribution in [1.29, 1.82) is 0 Å². The van der Waals surface area contributed by atoms with Crippen LogP contribution in [0.4, 0.5) is 5.13 Å². The molecular weight excluding hydrogens is 258 g/mol. The first-order chi connectivity index (χ1) is 8.25. The zero-order valence-electron chi connectivity index (χ0n) is 8.67. The Morgan fingerprint density at radius 2 is 2.12 bits per heavy atom. The highest BCUT2D eigenvalue weighted by Gasteiger charge is 2.14. The SMILES string of the molecule is O=C(NCc1cccs1)C(=O)Nc1nccs1. The maximum Gasteiger partial charge on any atom is 0.315 e. The van der Waals surface area contributed by atoms with Gasteiger partial charge in [0.1, 0.15) is 0 Å². The number of aromatic nitrogens is 1. The summed E-state index contributed by atoms with van der Waals surface area (Å²) in [6, 6.07) is 3.78. The molecule has 2 aromatic heterocycles. The smallest absolute Gasteiger partial charge is 0.315 e. The molecule has 2 rings (SSSR count). The summed E-state index contributed by atoms with van der Waals surface area (Å²) in [7, 11) is 0. The van der Waals surface area contributed by atoms with Gasteiger partial charge >= 0.3 is 11.8 Å². The summed E-state index contributed by atoms with van der Waals surface area (Å²) in [4.78, 5) is 27.7. The zero-order chi connectivity index (χ0) is 12.1. The van der Waals surface area contributed by atoms with Crippen molar-refractivity contribution in [2.75, 3.05) is 5.32 Å². The number of hydrogen-bond donors (Lipinski definition) is 2. The molecule has 2 N–H and O–H groups in total. The minimum absolute atomic E-state index is 0.363. The third-order valence-corrected chi connectivity index (χ3v) is 3.43. The van der Waals surface area contributed by atoms with E-state index in [0.717, 1.165) is 4.88 Å². The van der Waals surface area contributed by atoms with Crippen LogP contribution in [-0.2, 0) is 16.1 Å². The number of nitrogens with zero attached hydrogens (tertiary/aromatic N) is 1. The number of carbonyl (C=O) groups excluding carboxylic acids is 2. The molecule has 0 saturated carbocycles. The second-order valence-corrected chi connectivity index (χ2v) is 4.98. The number of thiazole rings is 1. The standard InChI is InChI=1S/C10H9N3O2S2/c14-8(12-6-7-2-1-4-16-7)9(15)13-10-11-3-5-17-10/h1-5H,6H2,(H,12,14)(H,11,13,15). The molecule has 0 spiro atoms. The van der Waals surface area contributed by atoms with E-state index in [-0.39, 0.29) is 0 Å². The van der Waals surface area contributed by atoms with E-state index in [0.29, 0.717) is 11.7 Å². The Labute approximate surface area is 106 Å². The molecule has 0 aliphatic heterocycles. The highest BCUT2D eigenvalue weighted by atomic mass is 32.1. The largest absolute Gasteiger partial charge is 0.343 e. The third-order valence-electron chi connectivity index (χ3n) is 1.86. The first-order valence-corrected chi connectivity index (χ1v) is 6.52. The van der Waals surface area contributed by atoms with Gasteiger partial charge in [-0.3, -0.25) is 14.9 Å². The van der Waals surface area contributed by atoms with Crippen LogP contribution in [0, 0.1) is 0 Å². The summed E-state index contributed by atoms with van der Waals surface area (Å²) < 4.78 is 0. The van der Waals surface area contributed by atoms with Gasteiger partial charge in [-0.15, -0.1) is 22.7 Å². The van der Waals surface area contributed by atoms with Crippen LogP contribution in [0.3, 0.4) is 0 Å². The molecule has 2 aromatic rings. The first kappa shape index (κ1) is 11.7. The summed E-state index contributed by atoms with van der Waals surface area (Å²) in [5.41, 5.74) is 0. The van der Waals surface area contributed by atoms with Crippen LogP contribution in [0.5, 0.6) is 0 Å². The number of nitrogens with one attached hydrogen (secondary N) is 2. The van der Waals surface area contributed by atoms with Crippen molar-refractivity contribution < 1.29 is 9.59 Å². The van der Waals surface area contributed by atoms with Crippen LogP contribution in [-0.4, -0.2) is 16.8 Å². The molecule has 0 bridgehead atoms. The lowest BCUT2D eigenvalue weighted by atomic mass is 10.4. The second-order valence-electron chi connectivity index (χ2n) is 3.05. The van der Waals surface area contributed by atoms with Gasteiger partial charge in [0.05, 0.1) is 6.54 Å². The van der Waals surface area contributed by atoms with Gasteiger partial charge in [-0.2, -0.15) is 0 Å². The number of anilines is 1. The molecule has 7 heteroatoms. The fourth-order valence-electron chi connectivity index (χ4n) is 1.10. The Bertz CT molecular complexity index is 494. The molecule has 0 saturated heterocycles. The van der Waals surface area contributed by atoms with E-state index in [9.17, 15) is 9.59 Å². The predicted molar refractivity (Wildman–Crippen MR) is 66.9 cm³/mol. The van der Waals surface area contributed by atoms with Crippen molar-refractivity contribution in [3.63, 3.8) is 0 Å². The molecule has 17 heavy (non-hydrogen) atoms. The van der Waals surface area contributed by atoms with Crippen molar-refractivity contribution in [2.24, 2.45) is 0 Å². The van der Waals surface area contributed by atoms with Gasteiger partial charge in [0, 0.05) is 16.5 Å². The summed E-state index contributed by atoms with van der Waals surface area (Å²) in [5.74, 6) is -1.36. The number of rotatable bonds is 3. The Kier molecular flexibility index (Phi) is 3.84. The fraction of sp³-hybridized carbons (Fsp3) is 0.100. The number of thiophene rings is 1. The summed E-state index contributed by atoms with van der Waals surface area (Å²) in [6.45, 7) is 0.363. The maximum atomic E-state index is 11.4. The molecular formula is C10H9N3O2S2. The molecule has 5 nitrogen and oxygen atoms in total. The third kappa shape index (κ3) is 3.36. The maximum absolute atomic E-state index is 11.4. The van der Waals surface area contributed by atoms with Crippen molar-refractivity contribution >= 4 is 39.6 Å². The van der Waals surface area contributed by atoms with E-state index >= 15 is 0 Å². The predicted octanol–water partition coefficient (Wildman–Crippen LogP) is 1.46. The van der Waals surface area contributed by atoms with Gasteiger partial charge in [-0.1, -0.05) is 6.07 Å². The van der Waals surface area contributed by atoms with E-state index in [4.69, 9.17) is 0 Å². The van der Waals surface area contributed by atoms with Crippen LogP contribution in [0.25, 0.3) is 0 Å². The van der Waals surface area contributed by atoms with Gasteiger partial charge in [-0.05, 0) is 11.4 Å². The molecule has 0 aromatic carbocycles. The van der Waals surface area contributed by atoms with E-state index in [1.165, 1.54) is 22.7 Å². The minimum atomic E-state index is -0.698. The van der Waals surface area contributed by atoms with Crippen molar-refractivity contribution in [3.8, 4) is 0 Å². The van der Waals surface area contributed by atoms with Gasteiger partial charge in [0.2, 0.25) is 0 Å². The average molecular weight is 267 g/mol. The normalized spacial score (nSPS) is 9.88. The number of amides is 2.